The quantitative estimate of drug-likeness (QED) is 0.583. The summed E-state index contributed by atoms with van der Waals surface area (Å²) in [7, 11) is 0. The summed E-state index contributed by atoms with van der Waals surface area (Å²) in [5.74, 6) is 0. The Morgan fingerprint density at radius 1 is 1.60 bits per heavy atom. The maximum atomic E-state index is 4.93. The van der Waals surface area contributed by atoms with Crippen molar-refractivity contribution < 1.29 is 30.8 Å². The molecule has 5 heavy (non-hydrogen) atoms. The third-order valence-electron chi connectivity index (χ3n) is 0.605. The van der Waals surface area contributed by atoms with Crippen LogP contribution in [0.4, 0.5) is 0 Å². The third kappa shape index (κ3) is 0.842. The summed E-state index contributed by atoms with van der Waals surface area (Å²) in [5.41, 5.74) is 0. The average molecular weight is 261 g/mol. The molecule has 0 radical (unpaired) electrons. The summed E-state index contributed by atoms with van der Waals surface area (Å²) in [4.78, 5) is 0. The van der Waals surface area contributed by atoms with Crippen LogP contribution in [0.1, 0.15) is 6.92 Å². The van der Waals surface area contributed by atoms with Gasteiger partial charge >= 0.3 is 44.0 Å². The van der Waals surface area contributed by atoms with Crippen LogP contribution < -0.4 is 0 Å². The van der Waals surface area contributed by atoms with Crippen LogP contribution in [0.2, 0.25) is 0 Å². The van der Waals surface area contributed by atoms with E-state index in [1.807, 2.05) is 6.92 Å². The van der Waals surface area contributed by atoms with Gasteiger partial charge in [0.25, 0.3) is 0 Å². The Labute approximate surface area is 44.2 Å². The molecule has 0 bridgehead atoms. The molecule has 26 valence electrons. The molecule has 0 N–H and O–H groups in total. The topological polar surface area (TPSA) is 18.5 Å². The third-order valence-corrected chi connectivity index (χ3v) is 5.31. The van der Waals surface area contributed by atoms with E-state index in [4.69, 9.17) is 5.29 Å². The van der Waals surface area contributed by atoms with Crippen molar-refractivity contribution in [2.24, 2.45) is 0 Å². The molecule has 0 amide bonds. The number of hydrogen-bond donors (Lipinski definition) is 0. The van der Waals surface area contributed by atoms with Crippen molar-refractivity contribution in [3.05, 3.63) is 0 Å². The molecule has 0 aliphatic carbocycles. The second-order valence-electron chi connectivity index (χ2n) is 1.02. The first-order valence-electron chi connectivity index (χ1n) is 1.63. The van der Waals surface area contributed by atoms with Gasteiger partial charge in [0, 0.05) is 0 Å². The Bertz CT molecular complexity index is 34.6. The fourth-order valence-corrected chi connectivity index (χ4v) is 1.79. The first-order chi connectivity index (χ1) is 2.39. The van der Waals surface area contributed by atoms with Gasteiger partial charge in [-0.3, -0.25) is 0 Å². The van der Waals surface area contributed by atoms with E-state index in [9.17, 15) is 0 Å². The first-order valence-corrected chi connectivity index (χ1v) is 6.11. The zero-order valence-electron chi connectivity index (χ0n) is 3.10. The van der Waals surface area contributed by atoms with Crippen molar-refractivity contribution in [1.29, 1.82) is 0 Å². The van der Waals surface area contributed by atoms with E-state index in [-0.39, 0.29) is 6.29 Å². The minimum absolute atomic E-state index is 0.164. The van der Waals surface area contributed by atoms with Crippen LogP contribution in [0.5, 0.6) is 0 Å². The van der Waals surface area contributed by atoms with Crippen LogP contribution in [0.3, 0.4) is 0 Å². The van der Waals surface area contributed by atoms with Crippen molar-refractivity contribution in [3.63, 3.8) is 0 Å². The van der Waals surface area contributed by atoms with E-state index in [1.54, 1.807) is 0 Å². The van der Waals surface area contributed by atoms with Crippen molar-refractivity contribution in [1.82, 2.24) is 0 Å². The molecule has 1 aliphatic heterocycles. The van der Waals surface area contributed by atoms with Crippen LogP contribution >= 0.6 is 0 Å². The molecule has 0 aromatic heterocycles. The van der Waals surface area contributed by atoms with E-state index in [1.165, 1.54) is 0 Å². The fraction of sp³-hybridized carbons (Fsp3) is 1.00. The first kappa shape index (κ1) is 4.03. The standard InChI is InChI=1S/C2H4O2.Hg/c1-2(3)4;/h2H,1H3;/q-2;+2. The Kier molecular flexibility index (Phi) is 1.24. The van der Waals surface area contributed by atoms with Gasteiger partial charge in [-0.25, -0.2) is 0 Å². The second-order valence-corrected chi connectivity index (χ2v) is 4.53. The van der Waals surface area contributed by atoms with E-state index >= 15 is 0 Å². The Morgan fingerprint density at radius 2 is 2.00 bits per heavy atom. The predicted octanol–water partition coefficient (Wildman–Crippen LogP) is 0.292. The van der Waals surface area contributed by atoms with Crippen molar-refractivity contribution >= 4 is 0 Å². The zero-order valence-corrected chi connectivity index (χ0v) is 8.60. The monoisotopic (exact) mass is 262 g/mol. The van der Waals surface area contributed by atoms with Crippen LogP contribution in [-0.4, -0.2) is 6.29 Å². The molecule has 1 heterocycles. The minimum atomic E-state index is -1.00. The van der Waals surface area contributed by atoms with Crippen molar-refractivity contribution in [2.75, 3.05) is 0 Å². The van der Waals surface area contributed by atoms with Crippen molar-refractivity contribution in [2.45, 2.75) is 13.2 Å². The Balaban J connectivity index is 2.08. The molecule has 0 atom stereocenters. The molecule has 1 saturated heterocycles. The summed E-state index contributed by atoms with van der Waals surface area (Å²) in [6, 6.07) is 0. The molecule has 0 unspecified atom stereocenters. The molecule has 0 aromatic carbocycles. The predicted molar refractivity (Wildman–Crippen MR) is 11.6 cm³/mol. The van der Waals surface area contributed by atoms with Gasteiger partial charge in [0.05, 0.1) is 0 Å². The summed E-state index contributed by atoms with van der Waals surface area (Å²) in [6.45, 7) is 1.92. The average Bonchev–Trinajstić information content (AvgIpc) is 1.30. The molecule has 0 aromatic rings. The molecular weight excluding hydrogens is 257 g/mol. The Morgan fingerprint density at radius 3 is 2.00 bits per heavy atom. The van der Waals surface area contributed by atoms with Crippen molar-refractivity contribution in [3.8, 4) is 0 Å². The fourth-order valence-electron chi connectivity index (χ4n) is 0.204. The van der Waals surface area contributed by atoms with Gasteiger partial charge < -0.3 is 0 Å². The van der Waals surface area contributed by atoms with Crippen LogP contribution in [0, 0.1) is 0 Å². The molecule has 0 spiro atoms. The molecule has 1 fully saturated rings. The molecule has 1 rings (SSSR count). The van der Waals surface area contributed by atoms with Gasteiger partial charge in [0.1, 0.15) is 0 Å². The van der Waals surface area contributed by atoms with E-state index in [0.29, 0.717) is 0 Å². The van der Waals surface area contributed by atoms with E-state index in [0.717, 1.165) is 0 Å². The second kappa shape index (κ2) is 1.54. The molecule has 1 aliphatic rings. The summed E-state index contributed by atoms with van der Waals surface area (Å²) in [5, 5.41) is 0. The number of rotatable bonds is 0. The maximum absolute atomic E-state index is 4.93. The molecular formula is C2H4HgO2. The molecule has 2 nitrogen and oxygen atoms in total. The Hall–Kier alpha value is 0.855. The van der Waals surface area contributed by atoms with Crippen LogP contribution in [-0.2, 0) is 30.8 Å². The van der Waals surface area contributed by atoms with Crippen LogP contribution in [0.25, 0.3) is 0 Å². The summed E-state index contributed by atoms with van der Waals surface area (Å²) < 4.78 is 9.86. The summed E-state index contributed by atoms with van der Waals surface area (Å²) in [6.07, 6.45) is 0.164. The van der Waals surface area contributed by atoms with Gasteiger partial charge in [0.15, 0.2) is 0 Å². The van der Waals surface area contributed by atoms with E-state index < -0.39 is 25.5 Å². The van der Waals surface area contributed by atoms with Gasteiger partial charge in [-0.1, -0.05) is 0 Å². The van der Waals surface area contributed by atoms with Crippen LogP contribution in [0.15, 0.2) is 0 Å². The number of hydrogen-bond acceptors (Lipinski definition) is 2. The zero-order chi connectivity index (χ0) is 3.70. The van der Waals surface area contributed by atoms with Gasteiger partial charge in [0.2, 0.25) is 0 Å². The van der Waals surface area contributed by atoms with Gasteiger partial charge in [-0.05, 0) is 0 Å². The van der Waals surface area contributed by atoms with E-state index in [2.05, 4.69) is 0 Å². The SMILES string of the molecule is CC1[O][Hg][O]1. The normalized spacial score (nSPS) is 22.6. The molecule has 0 saturated carbocycles. The van der Waals surface area contributed by atoms with Gasteiger partial charge in [-0.15, -0.1) is 0 Å². The molecule has 3 heteroatoms. The summed E-state index contributed by atoms with van der Waals surface area (Å²) >= 11 is -1.00. The van der Waals surface area contributed by atoms with Gasteiger partial charge in [-0.2, -0.15) is 0 Å².